The van der Waals surface area contributed by atoms with E-state index in [1.54, 1.807) is 7.11 Å². The molecule has 102 valence electrons. The van der Waals surface area contributed by atoms with Crippen LogP contribution in [0.25, 0.3) is 22.4 Å². The maximum absolute atomic E-state index is 5.94. The van der Waals surface area contributed by atoms with Crippen LogP contribution in [0.1, 0.15) is 0 Å². The van der Waals surface area contributed by atoms with Gasteiger partial charge in [0.05, 0.1) is 18.1 Å². The SMILES string of the molecule is COc1ccc2c(c1)nc(-c1ccc(Br)c(N)c1)n2C. The third-order valence-electron chi connectivity index (χ3n) is 3.34. The molecule has 0 bridgehead atoms. The zero-order chi connectivity index (χ0) is 14.3. The van der Waals surface area contributed by atoms with Gasteiger partial charge in [-0.2, -0.15) is 0 Å². The van der Waals surface area contributed by atoms with Gasteiger partial charge in [-0.3, -0.25) is 0 Å². The van der Waals surface area contributed by atoms with Crippen molar-refractivity contribution >= 4 is 32.7 Å². The Bertz CT molecular complexity index is 795. The summed E-state index contributed by atoms with van der Waals surface area (Å²) in [6.07, 6.45) is 0. The number of methoxy groups -OCH3 is 1. The molecule has 5 heteroatoms. The van der Waals surface area contributed by atoms with Crippen molar-refractivity contribution < 1.29 is 4.74 Å². The Hall–Kier alpha value is -2.01. The molecule has 0 amide bonds. The summed E-state index contributed by atoms with van der Waals surface area (Å²) in [7, 11) is 3.65. The van der Waals surface area contributed by atoms with Crippen molar-refractivity contribution in [2.45, 2.75) is 0 Å². The Morgan fingerprint density at radius 1 is 1.20 bits per heavy atom. The van der Waals surface area contributed by atoms with Gasteiger partial charge in [-0.1, -0.05) is 0 Å². The van der Waals surface area contributed by atoms with Crippen molar-refractivity contribution in [3.05, 3.63) is 40.9 Å². The molecular weight excluding hydrogens is 318 g/mol. The summed E-state index contributed by atoms with van der Waals surface area (Å²) in [4.78, 5) is 4.67. The Morgan fingerprint density at radius 2 is 2.00 bits per heavy atom. The molecule has 3 rings (SSSR count). The highest BCUT2D eigenvalue weighted by molar-refractivity contribution is 9.10. The predicted octanol–water partition coefficient (Wildman–Crippen LogP) is 3.59. The number of imidazole rings is 1. The van der Waals surface area contributed by atoms with Crippen molar-refractivity contribution in [3.8, 4) is 17.1 Å². The van der Waals surface area contributed by atoms with E-state index in [-0.39, 0.29) is 0 Å². The van der Waals surface area contributed by atoms with Crippen LogP contribution in [-0.4, -0.2) is 16.7 Å². The zero-order valence-electron chi connectivity index (χ0n) is 11.2. The molecule has 0 unspecified atom stereocenters. The Kier molecular flexibility index (Phi) is 3.14. The van der Waals surface area contributed by atoms with Gasteiger partial charge in [-0.15, -0.1) is 0 Å². The molecule has 0 fully saturated rings. The molecule has 20 heavy (non-hydrogen) atoms. The molecule has 0 aliphatic carbocycles. The van der Waals surface area contributed by atoms with Crippen LogP contribution in [0.5, 0.6) is 5.75 Å². The van der Waals surface area contributed by atoms with Crippen molar-refractivity contribution in [2.24, 2.45) is 7.05 Å². The number of benzene rings is 2. The highest BCUT2D eigenvalue weighted by Gasteiger charge is 2.11. The number of anilines is 1. The number of nitrogens with zero attached hydrogens (tertiary/aromatic N) is 2. The first-order chi connectivity index (χ1) is 9.60. The zero-order valence-corrected chi connectivity index (χ0v) is 12.8. The van der Waals surface area contributed by atoms with Crippen LogP contribution in [0.15, 0.2) is 40.9 Å². The van der Waals surface area contributed by atoms with E-state index in [2.05, 4.69) is 25.5 Å². The number of nitrogens with two attached hydrogens (primary N) is 1. The van der Waals surface area contributed by atoms with Crippen molar-refractivity contribution in [1.29, 1.82) is 0 Å². The van der Waals surface area contributed by atoms with Crippen LogP contribution in [0.3, 0.4) is 0 Å². The van der Waals surface area contributed by atoms with Crippen LogP contribution in [-0.2, 0) is 7.05 Å². The summed E-state index contributed by atoms with van der Waals surface area (Å²) < 4.78 is 8.18. The van der Waals surface area contributed by atoms with Crippen LogP contribution in [0, 0.1) is 0 Å². The fraction of sp³-hybridized carbons (Fsp3) is 0.133. The third-order valence-corrected chi connectivity index (χ3v) is 4.06. The number of aryl methyl sites for hydroxylation is 1. The standard InChI is InChI=1S/C15H14BrN3O/c1-19-14-6-4-10(20-2)8-13(14)18-15(19)9-3-5-11(16)12(17)7-9/h3-8H,17H2,1-2H3. The normalized spacial score (nSPS) is 10.9. The average molecular weight is 332 g/mol. The maximum atomic E-state index is 5.94. The lowest BCUT2D eigenvalue weighted by atomic mass is 10.2. The second-order valence-corrected chi connectivity index (χ2v) is 5.44. The third kappa shape index (κ3) is 2.04. The van der Waals surface area contributed by atoms with Crippen LogP contribution < -0.4 is 10.5 Å². The van der Waals surface area contributed by atoms with Gasteiger partial charge < -0.3 is 15.0 Å². The van der Waals surface area contributed by atoms with Gasteiger partial charge in [0.25, 0.3) is 0 Å². The summed E-state index contributed by atoms with van der Waals surface area (Å²) in [6, 6.07) is 11.7. The summed E-state index contributed by atoms with van der Waals surface area (Å²) in [6.45, 7) is 0. The lowest BCUT2D eigenvalue weighted by molar-refractivity contribution is 0.415. The first kappa shape index (κ1) is 13.0. The Balaban J connectivity index is 2.20. The first-order valence-corrected chi connectivity index (χ1v) is 6.95. The lowest BCUT2D eigenvalue weighted by Gasteiger charge is -2.05. The van der Waals surface area contributed by atoms with Gasteiger partial charge in [0.15, 0.2) is 0 Å². The van der Waals surface area contributed by atoms with Crippen LogP contribution in [0.4, 0.5) is 5.69 Å². The first-order valence-electron chi connectivity index (χ1n) is 6.16. The second kappa shape index (κ2) is 4.83. The van der Waals surface area contributed by atoms with E-state index >= 15 is 0 Å². The van der Waals surface area contributed by atoms with E-state index < -0.39 is 0 Å². The summed E-state index contributed by atoms with van der Waals surface area (Å²) >= 11 is 3.41. The van der Waals surface area contributed by atoms with Gasteiger partial charge in [0.1, 0.15) is 11.6 Å². The Morgan fingerprint density at radius 3 is 2.70 bits per heavy atom. The molecule has 4 nitrogen and oxygen atoms in total. The lowest BCUT2D eigenvalue weighted by Crippen LogP contribution is -1.94. The Labute approximate surface area is 125 Å². The van der Waals surface area contributed by atoms with Crippen molar-refractivity contribution in [3.63, 3.8) is 0 Å². The molecule has 2 N–H and O–H groups in total. The predicted molar refractivity (Wildman–Crippen MR) is 84.8 cm³/mol. The maximum Gasteiger partial charge on any atom is 0.140 e. The molecule has 3 aromatic rings. The fourth-order valence-corrected chi connectivity index (χ4v) is 2.49. The fourth-order valence-electron chi connectivity index (χ4n) is 2.25. The minimum Gasteiger partial charge on any atom is -0.497 e. The van der Waals surface area contributed by atoms with Gasteiger partial charge in [-0.05, 0) is 46.3 Å². The largest absolute Gasteiger partial charge is 0.497 e. The number of fused-ring (bicyclic) bond motifs is 1. The number of hydrogen-bond acceptors (Lipinski definition) is 3. The number of nitrogen functional groups attached to an aromatic ring is 1. The smallest absolute Gasteiger partial charge is 0.140 e. The highest BCUT2D eigenvalue weighted by Crippen LogP contribution is 2.29. The molecule has 2 aromatic carbocycles. The number of aromatic nitrogens is 2. The molecule has 0 saturated heterocycles. The van der Waals surface area contributed by atoms with Crippen LogP contribution >= 0.6 is 15.9 Å². The highest BCUT2D eigenvalue weighted by atomic mass is 79.9. The monoisotopic (exact) mass is 331 g/mol. The van der Waals surface area contributed by atoms with Gasteiger partial charge in [0.2, 0.25) is 0 Å². The van der Waals surface area contributed by atoms with E-state index in [4.69, 9.17) is 10.5 Å². The van der Waals surface area contributed by atoms with Gasteiger partial charge >= 0.3 is 0 Å². The molecule has 0 radical (unpaired) electrons. The molecule has 0 aliphatic rings. The molecule has 0 spiro atoms. The quantitative estimate of drug-likeness (QED) is 0.730. The number of hydrogen-bond donors (Lipinski definition) is 1. The topological polar surface area (TPSA) is 53.1 Å². The van der Waals surface area contributed by atoms with E-state index in [0.717, 1.165) is 32.6 Å². The van der Waals surface area contributed by atoms with E-state index in [0.29, 0.717) is 5.69 Å². The number of halogens is 1. The van der Waals surface area contributed by atoms with E-state index in [9.17, 15) is 0 Å². The second-order valence-electron chi connectivity index (χ2n) is 4.59. The number of rotatable bonds is 2. The average Bonchev–Trinajstić information content (AvgIpc) is 2.78. The summed E-state index contributed by atoms with van der Waals surface area (Å²) in [5, 5.41) is 0. The summed E-state index contributed by atoms with van der Waals surface area (Å²) in [5.41, 5.74) is 9.60. The molecular formula is C15H14BrN3O. The van der Waals surface area contributed by atoms with E-state index in [1.807, 2.05) is 43.4 Å². The summed E-state index contributed by atoms with van der Waals surface area (Å²) in [5.74, 6) is 1.69. The molecule has 1 aromatic heterocycles. The van der Waals surface area contributed by atoms with Crippen LogP contribution in [0.2, 0.25) is 0 Å². The van der Waals surface area contributed by atoms with Gasteiger partial charge in [-0.25, -0.2) is 4.98 Å². The van der Waals surface area contributed by atoms with Gasteiger partial charge in [0, 0.05) is 28.8 Å². The molecule has 0 aliphatic heterocycles. The minimum atomic E-state index is 0.701. The molecule has 1 heterocycles. The van der Waals surface area contributed by atoms with Crippen molar-refractivity contribution in [2.75, 3.05) is 12.8 Å². The van der Waals surface area contributed by atoms with E-state index in [1.165, 1.54) is 0 Å². The van der Waals surface area contributed by atoms with Crippen molar-refractivity contribution in [1.82, 2.24) is 9.55 Å². The number of ether oxygens (including phenoxy) is 1. The molecule has 0 atom stereocenters. The molecule has 0 saturated carbocycles. The minimum absolute atomic E-state index is 0.701.